The van der Waals surface area contributed by atoms with Crippen LogP contribution in [0.3, 0.4) is 0 Å². The Balaban J connectivity index is 1.63. The Morgan fingerprint density at radius 1 is 0.926 bits per heavy atom. The van der Waals surface area contributed by atoms with E-state index in [1.807, 2.05) is 42.5 Å². The summed E-state index contributed by atoms with van der Waals surface area (Å²) in [4.78, 5) is 12.1. The van der Waals surface area contributed by atoms with Crippen LogP contribution in [0, 0.1) is 0 Å². The van der Waals surface area contributed by atoms with Gasteiger partial charge in [0.1, 0.15) is 11.5 Å². The van der Waals surface area contributed by atoms with Crippen LogP contribution in [-0.2, 0) is 11.2 Å². The van der Waals surface area contributed by atoms with Gasteiger partial charge in [0.2, 0.25) is 5.91 Å². The van der Waals surface area contributed by atoms with Crippen molar-refractivity contribution in [2.24, 2.45) is 0 Å². The molecule has 0 atom stereocenters. The number of nitrogens with one attached hydrogen (secondary N) is 2. The van der Waals surface area contributed by atoms with E-state index in [2.05, 4.69) is 20.8 Å². The number of hydrogen-bond donors (Lipinski definition) is 2. The van der Waals surface area contributed by atoms with Crippen LogP contribution < -0.4 is 20.1 Å². The summed E-state index contributed by atoms with van der Waals surface area (Å²) in [5.74, 6) is 2.09. The van der Waals surface area contributed by atoms with E-state index in [1.165, 1.54) is 0 Å². The maximum absolute atomic E-state index is 12.1. The second-order valence-electron chi connectivity index (χ2n) is 5.71. The highest BCUT2D eigenvalue weighted by Gasteiger charge is 2.08. The number of hydrogen-bond acceptors (Lipinski definition) is 6. The van der Waals surface area contributed by atoms with E-state index in [9.17, 15) is 4.79 Å². The number of rotatable bonds is 7. The van der Waals surface area contributed by atoms with Crippen LogP contribution in [0.5, 0.6) is 11.5 Å². The second kappa shape index (κ2) is 8.66. The lowest BCUT2D eigenvalue weighted by molar-refractivity contribution is -0.115. The fourth-order valence-electron chi connectivity index (χ4n) is 2.47. The third kappa shape index (κ3) is 4.94. The van der Waals surface area contributed by atoms with Gasteiger partial charge in [0.15, 0.2) is 11.6 Å². The lowest BCUT2D eigenvalue weighted by Crippen LogP contribution is -2.15. The lowest BCUT2D eigenvalue weighted by atomic mass is 10.1. The quantitative estimate of drug-likeness (QED) is 0.668. The molecule has 3 aromatic rings. The summed E-state index contributed by atoms with van der Waals surface area (Å²) >= 11 is 0. The van der Waals surface area contributed by atoms with E-state index in [4.69, 9.17) is 9.47 Å². The minimum atomic E-state index is -0.145. The summed E-state index contributed by atoms with van der Waals surface area (Å²) in [6.45, 7) is 0. The van der Waals surface area contributed by atoms with E-state index in [0.29, 0.717) is 23.1 Å². The SMILES string of the molecule is COc1ccc(Nc2ccc(NC(=O)Cc3ccccc3)nn2)c(OC)c1. The molecule has 0 spiro atoms. The van der Waals surface area contributed by atoms with E-state index in [1.54, 1.807) is 32.4 Å². The molecule has 2 aromatic carbocycles. The van der Waals surface area contributed by atoms with E-state index in [0.717, 1.165) is 11.3 Å². The van der Waals surface area contributed by atoms with Crippen LogP contribution >= 0.6 is 0 Å². The second-order valence-corrected chi connectivity index (χ2v) is 5.71. The normalized spacial score (nSPS) is 10.1. The molecular weight excluding hydrogens is 344 g/mol. The molecular formula is C20H20N4O3. The molecule has 27 heavy (non-hydrogen) atoms. The zero-order valence-corrected chi connectivity index (χ0v) is 15.1. The highest BCUT2D eigenvalue weighted by Crippen LogP contribution is 2.30. The van der Waals surface area contributed by atoms with Gasteiger partial charge in [0.25, 0.3) is 0 Å². The topological polar surface area (TPSA) is 85.4 Å². The van der Waals surface area contributed by atoms with Crippen molar-refractivity contribution in [2.75, 3.05) is 24.9 Å². The van der Waals surface area contributed by atoms with Gasteiger partial charge in [-0.1, -0.05) is 30.3 Å². The van der Waals surface area contributed by atoms with Crippen LogP contribution in [0.1, 0.15) is 5.56 Å². The van der Waals surface area contributed by atoms with Crippen molar-refractivity contribution in [3.63, 3.8) is 0 Å². The van der Waals surface area contributed by atoms with Gasteiger partial charge in [-0.15, -0.1) is 10.2 Å². The average Bonchev–Trinajstić information content (AvgIpc) is 2.70. The number of carbonyl (C=O) groups excluding carboxylic acids is 1. The monoisotopic (exact) mass is 364 g/mol. The standard InChI is InChI=1S/C20H20N4O3/c1-26-15-8-9-16(17(13-15)27-2)21-18-10-11-19(24-23-18)22-20(25)12-14-6-4-3-5-7-14/h3-11,13H,12H2,1-2H3,(H,21,23)(H,22,24,25). The molecule has 7 heteroatoms. The fourth-order valence-corrected chi connectivity index (χ4v) is 2.47. The predicted molar refractivity (Wildman–Crippen MR) is 104 cm³/mol. The molecule has 0 aliphatic rings. The van der Waals surface area contributed by atoms with Crippen molar-refractivity contribution in [3.05, 3.63) is 66.2 Å². The maximum atomic E-state index is 12.1. The fraction of sp³-hybridized carbons (Fsp3) is 0.150. The summed E-state index contributed by atoms with van der Waals surface area (Å²) < 4.78 is 10.5. The van der Waals surface area contributed by atoms with E-state index in [-0.39, 0.29) is 12.3 Å². The molecule has 2 N–H and O–H groups in total. The first kappa shape index (κ1) is 18.2. The van der Waals surface area contributed by atoms with Crippen molar-refractivity contribution < 1.29 is 14.3 Å². The van der Waals surface area contributed by atoms with Crippen LogP contribution in [0.15, 0.2) is 60.7 Å². The smallest absolute Gasteiger partial charge is 0.229 e. The highest BCUT2D eigenvalue weighted by molar-refractivity contribution is 5.91. The molecule has 138 valence electrons. The third-order valence-electron chi connectivity index (χ3n) is 3.81. The molecule has 0 saturated heterocycles. The summed E-state index contributed by atoms with van der Waals surface area (Å²) in [6, 6.07) is 18.4. The molecule has 0 unspecified atom stereocenters. The zero-order valence-electron chi connectivity index (χ0n) is 15.1. The van der Waals surface area contributed by atoms with Crippen LogP contribution in [-0.4, -0.2) is 30.3 Å². The van der Waals surface area contributed by atoms with Crippen molar-refractivity contribution in [1.29, 1.82) is 0 Å². The van der Waals surface area contributed by atoms with Gasteiger partial charge >= 0.3 is 0 Å². The largest absolute Gasteiger partial charge is 0.497 e. The van der Waals surface area contributed by atoms with Crippen molar-refractivity contribution in [1.82, 2.24) is 10.2 Å². The number of anilines is 3. The van der Waals surface area contributed by atoms with Crippen LogP contribution in [0.4, 0.5) is 17.3 Å². The Labute approximate surface area is 157 Å². The first-order chi connectivity index (χ1) is 13.2. The van der Waals surface area contributed by atoms with Gasteiger partial charge < -0.3 is 20.1 Å². The number of ether oxygens (including phenoxy) is 2. The molecule has 0 radical (unpaired) electrons. The predicted octanol–water partition coefficient (Wildman–Crippen LogP) is 3.42. The zero-order chi connectivity index (χ0) is 19.1. The molecule has 1 heterocycles. The number of benzene rings is 2. The van der Waals surface area contributed by atoms with Gasteiger partial charge in [-0.05, 0) is 29.8 Å². The summed E-state index contributed by atoms with van der Waals surface area (Å²) in [7, 11) is 3.18. The average molecular weight is 364 g/mol. The molecule has 1 amide bonds. The van der Waals surface area contributed by atoms with Crippen molar-refractivity contribution in [3.8, 4) is 11.5 Å². The van der Waals surface area contributed by atoms with Crippen LogP contribution in [0.25, 0.3) is 0 Å². The highest BCUT2D eigenvalue weighted by atomic mass is 16.5. The first-order valence-electron chi connectivity index (χ1n) is 8.34. The van der Waals surface area contributed by atoms with Gasteiger partial charge in [-0.2, -0.15) is 0 Å². The molecule has 0 fully saturated rings. The summed E-state index contributed by atoms with van der Waals surface area (Å²) in [6.07, 6.45) is 0.283. The van der Waals surface area contributed by atoms with Crippen LogP contribution in [0.2, 0.25) is 0 Å². The van der Waals surface area contributed by atoms with Crippen molar-refractivity contribution in [2.45, 2.75) is 6.42 Å². The minimum Gasteiger partial charge on any atom is -0.497 e. The Kier molecular flexibility index (Phi) is 5.84. The molecule has 0 aliphatic heterocycles. The number of amides is 1. The lowest BCUT2D eigenvalue weighted by Gasteiger charge is -2.12. The molecule has 3 rings (SSSR count). The van der Waals surface area contributed by atoms with Gasteiger partial charge in [0.05, 0.1) is 26.3 Å². The summed E-state index contributed by atoms with van der Waals surface area (Å²) in [5, 5.41) is 14.0. The van der Waals surface area contributed by atoms with Gasteiger partial charge in [-0.25, -0.2) is 0 Å². The molecule has 0 bridgehead atoms. The number of aromatic nitrogens is 2. The van der Waals surface area contributed by atoms with E-state index >= 15 is 0 Å². The number of nitrogens with zero attached hydrogens (tertiary/aromatic N) is 2. The Hall–Kier alpha value is -3.61. The minimum absolute atomic E-state index is 0.145. The first-order valence-corrected chi connectivity index (χ1v) is 8.34. The molecule has 1 aromatic heterocycles. The Morgan fingerprint density at radius 2 is 1.67 bits per heavy atom. The molecule has 7 nitrogen and oxygen atoms in total. The van der Waals surface area contributed by atoms with Crippen molar-refractivity contribution >= 4 is 23.2 Å². The Morgan fingerprint density at radius 3 is 2.33 bits per heavy atom. The molecule has 0 saturated carbocycles. The van der Waals surface area contributed by atoms with E-state index < -0.39 is 0 Å². The van der Waals surface area contributed by atoms with Gasteiger partial charge in [-0.3, -0.25) is 4.79 Å². The Bertz CT molecular complexity index is 899. The third-order valence-corrected chi connectivity index (χ3v) is 3.81. The summed E-state index contributed by atoms with van der Waals surface area (Å²) in [5.41, 5.74) is 1.67. The molecule has 0 aliphatic carbocycles. The van der Waals surface area contributed by atoms with Gasteiger partial charge in [0, 0.05) is 6.07 Å². The maximum Gasteiger partial charge on any atom is 0.229 e. The number of methoxy groups -OCH3 is 2. The number of carbonyl (C=O) groups is 1.